The lowest BCUT2D eigenvalue weighted by molar-refractivity contribution is -0.384. The van der Waals surface area contributed by atoms with E-state index in [-0.39, 0.29) is 34.5 Å². The molecule has 0 saturated carbocycles. The van der Waals surface area contributed by atoms with Crippen LogP contribution in [-0.2, 0) is 0 Å². The minimum Gasteiger partial charge on any atom is -0.507 e. The number of hydrazone groups is 1. The number of nitro benzene ring substituents is 1. The summed E-state index contributed by atoms with van der Waals surface area (Å²) in [6, 6.07) is 16.0. The molecule has 14 nitrogen and oxygen atoms in total. The molecule has 0 bridgehead atoms. The summed E-state index contributed by atoms with van der Waals surface area (Å²) < 4.78 is 5.75. The Kier molecular flexibility index (Phi) is 5.50. The Morgan fingerprint density at radius 1 is 1.14 bits per heavy atom. The molecule has 5 aromatic rings. The Balaban J connectivity index is 1.51. The number of carbonyl (C=O) groups excluding carboxylic acids is 1. The number of nitro groups is 1. The first kappa shape index (κ1) is 22.1. The number of phenols is 1. The van der Waals surface area contributed by atoms with E-state index in [1.165, 1.54) is 36.5 Å². The molecule has 0 aliphatic carbocycles. The van der Waals surface area contributed by atoms with E-state index in [0.717, 1.165) is 15.5 Å². The molecule has 14 heteroatoms. The van der Waals surface area contributed by atoms with Crippen molar-refractivity contribution < 1.29 is 19.5 Å². The molecular weight excluding hydrogens is 470 g/mol. The molecule has 0 unspecified atom stereocenters. The Bertz CT molecular complexity index is 1640. The van der Waals surface area contributed by atoms with Gasteiger partial charge in [-0.15, -0.1) is 5.10 Å². The summed E-state index contributed by atoms with van der Waals surface area (Å²) in [5.74, 6) is -0.905. The number of nitrogens with zero attached hydrogens (tertiary/aromatic N) is 7. The predicted octanol–water partition coefficient (Wildman–Crippen LogP) is 2.43. The van der Waals surface area contributed by atoms with Gasteiger partial charge >= 0.3 is 0 Å². The minimum absolute atomic E-state index is 0.0155. The second-order valence-electron chi connectivity index (χ2n) is 7.39. The molecule has 178 valence electrons. The van der Waals surface area contributed by atoms with Crippen LogP contribution in [0.1, 0.15) is 16.1 Å². The van der Waals surface area contributed by atoms with Crippen molar-refractivity contribution in [1.82, 2.24) is 30.7 Å². The molecule has 2 heterocycles. The number of benzene rings is 3. The number of non-ortho nitro benzene ring substituents is 1. The van der Waals surface area contributed by atoms with E-state index in [0.29, 0.717) is 11.1 Å². The molecule has 1 amide bonds. The van der Waals surface area contributed by atoms with Crippen molar-refractivity contribution in [3.05, 3.63) is 82.0 Å². The fourth-order valence-electron chi connectivity index (χ4n) is 3.55. The molecule has 2 aromatic heterocycles. The zero-order valence-electron chi connectivity index (χ0n) is 18.1. The second kappa shape index (κ2) is 8.94. The van der Waals surface area contributed by atoms with Gasteiger partial charge in [0.05, 0.1) is 11.1 Å². The smallest absolute Gasteiger partial charge is 0.294 e. The van der Waals surface area contributed by atoms with Gasteiger partial charge in [-0.25, -0.2) is 10.1 Å². The number of hydrogen-bond donors (Lipinski definition) is 3. The Morgan fingerprint density at radius 3 is 2.64 bits per heavy atom. The SMILES string of the molecule is Nc1nonc1-n1nnc(C(=O)N/N=C/c2c(O)ccc3ccccc23)c1-c1ccc([N+](=O)[O-])cc1. The first-order valence-electron chi connectivity index (χ1n) is 10.3. The molecule has 0 aliphatic heterocycles. The molecule has 4 N–H and O–H groups in total. The third-order valence-electron chi connectivity index (χ3n) is 5.24. The van der Waals surface area contributed by atoms with Crippen LogP contribution >= 0.6 is 0 Å². The number of fused-ring (bicyclic) bond motifs is 1. The van der Waals surface area contributed by atoms with Crippen molar-refractivity contribution in [2.45, 2.75) is 0 Å². The topological polar surface area (TPSA) is 200 Å². The van der Waals surface area contributed by atoms with Gasteiger partial charge in [0.2, 0.25) is 11.6 Å². The number of aromatic hydroxyl groups is 1. The molecule has 36 heavy (non-hydrogen) atoms. The summed E-state index contributed by atoms with van der Waals surface area (Å²) in [6.45, 7) is 0. The Labute approximate surface area is 200 Å². The number of hydrogen-bond acceptors (Lipinski definition) is 11. The minimum atomic E-state index is -0.749. The maximum Gasteiger partial charge on any atom is 0.294 e. The van der Waals surface area contributed by atoms with Gasteiger partial charge in [-0.1, -0.05) is 35.5 Å². The number of anilines is 1. The number of nitrogens with two attached hydrogens (primary N) is 1. The van der Waals surface area contributed by atoms with E-state index < -0.39 is 10.8 Å². The van der Waals surface area contributed by atoms with Gasteiger partial charge in [0.25, 0.3) is 11.6 Å². The van der Waals surface area contributed by atoms with E-state index in [1.807, 2.05) is 24.3 Å². The lowest BCUT2D eigenvalue weighted by Gasteiger charge is -2.06. The summed E-state index contributed by atoms with van der Waals surface area (Å²) >= 11 is 0. The number of aromatic nitrogens is 5. The van der Waals surface area contributed by atoms with E-state index >= 15 is 0 Å². The van der Waals surface area contributed by atoms with Crippen LogP contribution in [0.3, 0.4) is 0 Å². The Morgan fingerprint density at radius 2 is 1.92 bits per heavy atom. The van der Waals surface area contributed by atoms with E-state index in [2.05, 4.69) is 35.8 Å². The number of nitrogens with one attached hydrogen (secondary N) is 1. The fourth-order valence-corrected chi connectivity index (χ4v) is 3.55. The van der Waals surface area contributed by atoms with Crippen LogP contribution in [-0.4, -0.2) is 47.5 Å². The summed E-state index contributed by atoms with van der Waals surface area (Å²) in [5, 5.41) is 41.9. The van der Waals surface area contributed by atoms with Gasteiger partial charge < -0.3 is 10.8 Å². The lowest BCUT2D eigenvalue weighted by atomic mass is 10.0. The van der Waals surface area contributed by atoms with Crippen LogP contribution in [0.25, 0.3) is 27.8 Å². The van der Waals surface area contributed by atoms with Crippen LogP contribution in [0.4, 0.5) is 11.5 Å². The normalized spacial score (nSPS) is 11.2. The lowest BCUT2D eigenvalue weighted by Crippen LogP contribution is -2.19. The predicted molar refractivity (Wildman–Crippen MR) is 126 cm³/mol. The fraction of sp³-hybridized carbons (Fsp3) is 0. The zero-order valence-corrected chi connectivity index (χ0v) is 18.1. The molecular formula is C22H15N9O5. The summed E-state index contributed by atoms with van der Waals surface area (Å²) in [4.78, 5) is 23.5. The zero-order chi connectivity index (χ0) is 25.2. The van der Waals surface area contributed by atoms with Gasteiger partial charge in [0, 0.05) is 23.3 Å². The van der Waals surface area contributed by atoms with Gasteiger partial charge in [-0.2, -0.15) is 9.78 Å². The number of carbonyl (C=O) groups is 1. The Hall–Kier alpha value is -5.66. The number of phenolic OH excluding ortho intramolecular Hbond substituents is 1. The third-order valence-corrected chi connectivity index (χ3v) is 5.24. The van der Waals surface area contributed by atoms with Crippen molar-refractivity contribution in [2.75, 3.05) is 5.73 Å². The number of nitrogen functional groups attached to an aromatic ring is 1. The molecule has 0 aliphatic rings. The highest BCUT2D eigenvalue weighted by Crippen LogP contribution is 2.28. The van der Waals surface area contributed by atoms with Crippen LogP contribution in [0.2, 0.25) is 0 Å². The standard InChI is InChI=1S/C22H15N9O5/c23-20-21(28-36-27-20)30-19(13-5-8-14(9-6-13)31(34)35)18(25-29-30)22(33)26-24-11-16-15-4-2-1-3-12(15)7-10-17(16)32/h1-11,32H,(H2,23,27)(H,26,33)/b24-11+. The monoisotopic (exact) mass is 485 g/mol. The molecule has 0 saturated heterocycles. The molecule has 0 radical (unpaired) electrons. The van der Waals surface area contributed by atoms with Gasteiger partial charge in [0.1, 0.15) is 11.4 Å². The quantitative estimate of drug-likeness (QED) is 0.182. The van der Waals surface area contributed by atoms with Crippen molar-refractivity contribution >= 4 is 34.4 Å². The van der Waals surface area contributed by atoms with Crippen molar-refractivity contribution in [3.63, 3.8) is 0 Å². The molecule has 0 atom stereocenters. The van der Waals surface area contributed by atoms with Crippen molar-refractivity contribution in [1.29, 1.82) is 0 Å². The van der Waals surface area contributed by atoms with Crippen molar-refractivity contribution in [3.8, 4) is 22.8 Å². The van der Waals surface area contributed by atoms with E-state index in [9.17, 15) is 20.0 Å². The highest BCUT2D eigenvalue weighted by molar-refractivity contribution is 6.03. The second-order valence-corrected chi connectivity index (χ2v) is 7.39. The summed E-state index contributed by atoms with van der Waals surface area (Å²) in [6.07, 6.45) is 1.31. The molecule has 5 rings (SSSR count). The highest BCUT2D eigenvalue weighted by Gasteiger charge is 2.25. The van der Waals surface area contributed by atoms with Crippen molar-refractivity contribution in [2.24, 2.45) is 5.10 Å². The van der Waals surface area contributed by atoms with Crippen LogP contribution < -0.4 is 11.2 Å². The van der Waals surface area contributed by atoms with Gasteiger partial charge in [-0.3, -0.25) is 14.9 Å². The summed E-state index contributed by atoms with van der Waals surface area (Å²) in [7, 11) is 0. The maximum atomic E-state index is 13.0. The maximum absolute atomic E-state index is 13.0. The number of amides is 1. The van der Waals surface area contributed by atoms with E-state index in [1.54, 1.807) is 6.07 Å². The summed E-state index contributed by atoms with van der Waals surface area (Å²) in [5.41, 5.74) is 8.70. The van der Waals surface area contributed by atoms with Crippen LogP contribution in [0.5, 0.6) is 5.75 Å². The average Bonchev–Trinajstić information content (AvgIpc) is 3.51. The third kappa shape index (κ3) is 3.94. The molecule has 3 aromatic carbocycles. The first-order chi connectivity index (χ1) is 17.4. The molecule has 0 spiro atoms. The first-order valence-corrected chi connectivity index (χ1v) is 10.3. The number of rotatable bonds is 6. The molecule has 0 fully saturated rings. The average molecular weight is 485 g/mol. The van der Waals surface area contributed by atoms with Crippen LogP contribution in [0, 0.1) is 10.1 Å². The van der Waals surface area contributed by atoms with Gasteiger partial charge in [0.15, 0.2) is 5.69 Å². The van der Waals surface area contributed by atoms with E-state index in [4.69, 9.17) is 5.73 Å². The largest absolute Gasteiger partial charge is 0.507 e. The van der Waals surface area contributed by atoms with Gasteiger partial charge in [-0.05, 0) is 39.3 Å². The highest BCUT2D eigenvalue weighted by atomic mass is 16.6. The van der Waals surface area contributed by atoms with Crippen LogP contribution in [0.15, 0.2) is 70.4 Å².